The van der Waals surface area contributed by atoms with E-state index in [9.17, 15) is 14.4 Å². The van der Waals surface area contributed by atoms with Crippen molar-refractivity contribution < 1.29 is 29.0 Å². The lowest BCUT2D eigenvalue weighted by Gasteiger charge is -2.24. The number of carboxylic acids is 1. The molecule has 1 saturated carbocycles. The number of hydrogen-bond acceptors (Lipinski definition) is 5. The van der Waals surface area contributed by atoms with E-state index >= 15 is 0 Å². The third-order valence-corrected chi connectivity index (χ3v) is 3.31. The Morgan fingerprint density at radius 1 is 1.10 bits per heavy atom. The molecule has 0 saturated heterocycles. The van der Waals surface area contributed by atoms with Crippen molar-refractivity contribution in [1.82, 2.24) is 0 Å². The van der Waals surface area contributed by atoms with Gasteiger partial charge in [-0.25, -0.2) is 0 Å². The zero-order valence-corrected chi connectivity index (χ0v) is 12.9. The minimum absolute atomic E-state index is 0.0343. The number of ether oxygens (including phenoxy) is 2. The van der Waals surface area contributed by atoms with Crippen LogP contribution in [0.25, 0.3) is 0 Å². The van der Waals surface area contributed by atoms with Gasteiger partial charge in [-0.2, -0.15) is 0 Å². The summed E-state index contributed by atoms with van der Waals surface area (Å²) in [5.41, 5.74) is -0.574. The molecule has 6 heteroatoms. The predicted octanol–water partition coefficient (Wildman–Crippen LogP) is 2.15. The molecule has 1 aliphatic rings. The van der Waals surface area contributed by atoms with Crippen LogP contribution in [0.2, 0.25) is 0 Å². The van der Waals surface area contributed by atoms with Crippen LogP contribution in [0.1, 0.15) is 52.9 Å². The number of aliphatic carboxylic acids is 1. The molecule has 120 valence electrons. The van der Waals surface area contributed by atoms with Crippen LogP contribution in [0.4, 0.5) is 0 Å². The van der Waals surface area contributed by atoms with Gasteiger partial charge in [0.1, 0.15) is 5.60 Å². The lowest BCUT2D eigenvalue weighted by molar-refractivity contribution is -0.167. The van der Waals surface area contributed by atoms with E-state index in [1.54, 1.807) is 20.8 Å². The zero-order valence-electron chi connectivity index (χ0n) is 12.9. The average Bonchev–Trinajstić information content (AvgIpc) is 2.81. The highest BCUT2D eigenvalue weighted by Crippen LogP contribution is 2.34. The molecule has 0 spiro atoms. The predicted molar refractivity (Wildman–Crippen MR) is 74.5 cm³/mol. The molecule has 0 radical (unpaired) electrons. The smallest absolute Gasteiger partial charge is 0.310 e. The van der Waals surface area contributed by atoms with Gasteiger partial charge in [-0.05, 0) is 40.0 Å². The first kappa shape index (κ1) is 17.5. The quantitative estimate of drug-likeness (QED) is 0.597. The monoisotopic (exact) mass is 300 g/mol. The van der Waals surface area contributed by atoms with Crippen LogP contribution in [0, 0.1) is 11.8 Å². The Balaban J connectivity index is 2.46. The lowest BCUT2D eigenvalue weighted by atomic mass is 9.96. The molecule has 0 amide bonds. The first-order valence-electron chi connectivity index (χ1n) is 7.32. The van der Waals surface area contributed by atoms with E-state index in [4.69, 9.17) is 14.6 Å². The molecular formula is C15H24O6. The maximum Gasteiger partial charge on any atom is 0.310 e. The summed E-state index contributed by atoms with van der Waals surface area (Å²) in [6.45, 7) is 5.44. The summed E-state index contributed by atoms with van der Waals surface area (Å²) in [6, 6.07) is 0. The van der Waals surface area contributed by atoms with E-state index in [1.807, 2.05) is 0 Å². The van der Waals surface area contributed by atoms with Crippen LogP contribution in [0.15, 0.2) is 0 Å². The van der Waals surface area contributed by atoms with Crippen LogP contribution >= 0.6 is 0 Å². The summed E-state index contributed by atoms with van der Waals surface area (Å²) in [4.78, 5) is 34.5. The molecule has 2 atom stereocenters. The fourth-order valence-electron chi connectivity index (χ4n) is 2.40. The summed E-state index contributed by atoms with van der Waals surface area (Å²) in [6.07, 6.45) is 2.28. The highest BCUT2D eigenvalue weighted by molar-refractivity contribution is 5.83. The molecule has 0 aliphatic heterocycles. The fourth-order valence-corrected chi connectivity index (χ4v) is 2.40. The third kappa shape index (κ3) is 6.14. The number of carboxylic acid groups (broad SMARTS) is 1. The first-order chi connectivity index (χ1) is 9.70. The number of carbonyl (C=O) groups excluding carboxylic acids is 2. The highest BCUT2D eigenvalue weighted by atomic mass is 16.6. The Labute approximate surface area is 124 Å². The minimum atomic E-state index is -0.918. The summed E-state index contributed by atoms with van der Waals surface area (Å²) < 4.78 is 10.4. The van der Waals surface area contributed by atoms with Gasteiger partial charge in [-0.15, -0.1) is 0 Å². The van der Waals surface area contributed by atoms with Gasteiger partial charge in [0, 0.05) is 6.42 Å². The van der Waals surface area contributed by atoms with Crippen molar-refractivity contribution in [1.29, 1.82) is 0 Å². The maximum atomic E-state index is 12.1. The average molecular weight is 300 g/mol. The van der Waals surface area contributed by atoms with Gasteiger partial charge in [0.25, 0.3) is 0 Å². The van der Waals surface area contributed by atoms with Gasteiger partial charge >= 0.3 is 17.9 Å². The Morgan fingerprint density at radius 3 is 2.19 bits per heavy atom. The third-order valence-electron chi connectivity index (χ3n) is 3.31. The summed E-state index contributed by atoms with van der Waals surface area (Å²) in [5, 5.41) is 8.51. The summed E-state index contributed by atoms with van der Waals surface area (Å²) in [7, 11) is 0. The van der Waals surface area contributed by atoms with Crippen molar-refractivity contribution in [3.8, 4) is 0 Å². The molecule has 21 heavy (non-hydrogen) atoms. The van der Waals surface area contributed by atoms with Gasteiger partial charge in [0.2, 0.25) is 0 Å². The highest BCUT2D eigenvalue weighted by Gasteiger charge is 2.40. The van der Waals surface area contributed by atoms with Crippen LogP contribution in [-0.4, -0.2) is 35.2 Å². The SMILES string of the molecule is CC(C)(C)OC(=O)C1CCC[C@H]1C(=O)OCCCC(=O)O. The molecule has 1 fully saturated rings. The molecule has 1 rings (SSSR count). The molecule has 1 unspecified atom stereocenters. The Bertz CT molecular complexity index is 395. The Kier molecular flexibility index (Phi) is 6.18. The van der Waals surface area contributed by atoms with Crippen molar-refractivity contribution in [3.05, 3.63) is 0 Å². The van der Waals surface area contributed by atoms with E-state index in [0.29, 0.717) is 12.8 Å². The van der Waals surface area contributed by atoms with Crippen molar-refractivity contribution in [2.75, 3.05) is 6.61 Å². The minimum Gasteiger partial charge on any atom is -0.481 e. The number of esters is 2. The van der Waals surface area contributed by atoms with E-state index in [2.05, 4.69) is 0 Å². The van der Waals surface area contributed by atoms with E-state index in [0.717, 1.165) is 6.42 Å². The van der Waals surface area contributed by atoms with E-state index in [-0.39, 0.29) is 25.4 Å². The Hall–Kier alpha value is -1.59. The molecule has 0 bridgehead atoms. The van der Waals surface area contributed by atoms with Crippen LogP contribution < -0.4 is 0 Å². The van der Waals surface area contributed by atoms with E-state index < -0.39 is 29.4 Å². The molecule has 6 nitrogen and oxygen atoms in total. The van der Waals surface area contributed by atoms with Crippen molar-refractivity contribution in [2.45, 2.75) is 58.5 Å². The molecule has 0 aromatic heterocycles. The molecule has 0 aromatic rings. The molecule has 0 heterocycles. The number of hydrogen-bond donors (Lipinski definition) is 1. The maximum absolute atomic E-state index is 12.1. The van der Waals surface area contributed by atoms with Crippen molar-refractivity contribution in [3.63, 3.8) is 0 Å². The van der Waals surface area contributed by atoms with Crippen LogP contribution in [-0.2, 0) is 23.9 Å². The van der Waals surface area contributed by atoms with Gasteiger partial charge < -0.3 is 14.6 Å². The first-order valence-corrected chi connectivity index (χ1v) is 7.32. The standard InChI is InChI=1S/C15H24O6/c1-15(2,3)21-14(19)11-7-4-6-10(11)13(18)20-9-5-8-12(16)17/h10-11H,4-9H2,1-3H3,(H,16,17)/t10-,11?/m1/s1. The topological polar surface area (TPSA) is 89.9 Å². The van der Waals surface area contributed by atoms with Gasteiger partial charge in [0.15, 0.2) is 0 Å². The second-order valence-corrected chi connectivity index (χ2v) is 6.34. The largest absolute Gasteiger partial charge is 0.481 e. The van der Waals surface area contributed by atoms with Gasteiger partial charge in [-0.1, -0.05) is 6.42 Å². The number of carbonyl (C=O) groups is 3. The molecule has 1 N–H and O–H groups in total. The van der Waals surface area contributed by atoms with Crippen molar-refractivity contribution >= 4 is 17.9 Å². The van der Waals surface area contributed by atoms with Crippen LogP contribution in [0.5, 0.6) is 0 Å². The van der Waals surface area contributed by atoms with Crippen molar-refractivity contribution in [2.24, 2.45) is 11.8 Å². The molecular weight excluding hydrogens is 276 g/mol. The van der Waals surface area contributed by atoms with Gasteiger partial charge in [0.05, 0.1) is 18.4 Å². The second-order valence-electron chi connectivity index (χ2n) is 6.34. The fraction of sp³-hybridized carbons (Fsp3) is 0.800. The normalized spacial score (nSPS) is 21.9. The molecule has 0 aromatic carbocycles. The summed E-state index contributed by atoms with van der Waals surface area (Å²) in [5.74, 6) is -2.61. The Morgan fingerprint density at radius 2 is 1.67 bits per heavy atom. The molecule has 1 aliphatic carbocycles. The zero-order chi connectivity index (χ0) is 16.0. The van der Waals surface area contributed by atoms with Crippen LogP contribution in [0.3, 0.4) is 0 Å². The number of rotatable bonds is 6. The summed E-state index contributed by atoms with van der Waals surface area (Å²) >= 11 is 0. The van der Waals surface area contributed by atoms with Gasteiger partial charge in [-0.3, -0.25) is 14.4 Å². The van der Waals surface area contributed by atoms with E-state index in [1.165, 1.54) is 0 Å². The second kappa shape index (κ2) is 7.43. The lowest BCUT2D eigenvalue weighted by Crippen LogP contribution is -2.33.